The Morgan fingerprint density at radius 3 is 2.52 bits per heavy atom. The Balaban J connectivity index is 1.99. The van der Waals surface area contributed by atoms with E-state index in [0.29, 0.717) is 37.5 Å². The molecule has 2 rings (SSSR count). The summed E-state index contributed by atoms with van der Waals surface area (Å²) in [4.78, 5) is 27.5. The van der Waals surface area contributed by atoms with E-state index in [1.165, 1.54) is 0 Å². The molecule has 122 valence electrons. The van der Waals surface area contributed by atoms with Crippen LogP contribution in [-0.2, 0) is 9.59 Å². The van der Waals surface area contributed by atoms with Crippen molar-refractivity contribution in [3.05, 3.63) is 29.8 Å². The van der Waals surface area contributed by atoms with Crippen molar-refractivity contribution in [1.29, 1.82) is 5.26 Å². The minimum absolute atomic E-state index is 0.0338. The molecule has 1 aliphatic rings. The summed E-state index contributed by atoms with van der Waals surface area (Å²) in [5.41, 5.74) is 0.408. The van der Waals surface area contributed by atoms with Crippen LogP contribution in [-0.4, -0.2) is 53.9 Å². The normalized spacial score (nSPS) is 16.2. The lowest BCUT2D eigenvalue weighted by atomic mass is 10.2. The highest BCUT2D eigenvalue weighted by atomic mass is 16.5. The molecule has 1 fully saturated rings. The monoisotopic (exact) mass is 315 g/mol. The number of ether oxygens (including phenoxy) is 1. The van der Waals surface area contributed by atoms with Crippen LogP contribution >= 0.6 is 0 Å². The van der Waals surface area contributed by atoms with Crippen LogP contribution in [0.25, 0.3) is 0 Å². The van der Waals surface area contributed by atoms with Crippen molar-refractivity contribution in [1.82, 2.24) is 9.80 Å². The van der Waals surface area contributed by atoms with Crippen LogP contribution in [0, 0.1) is 11.3 Å². The van der Waals surface area contributed by atoms with Gasteiger partial charge in [-0.15, -0.1) is 0 Å². The lowest BCUT2D eigenvalue weighted by Gasteiger charge is -2.25. The molecule has 1 unspecified atom stereocenters. The second kappa shape index (κ2) is 7.63. The summed E-state index contributed by atoms with van der Waals surface area (Å²) in [6, 6.07) is 8.91. The van der Waals surface area contributed by atoms with Crippen molar-refractivity contribution in [2.75, 3.05) is 26.2 Å². The van der Waals surface area contributed by atoms with Crippen molar-refractivity contribution in [3.8, 4) is 11.8 Å². The highest BCUT2D eigenvalue weighted by Crippen LogP contribution is 2.19. The van der Waals surface area contributed by atoms with E-state index in [9.17, 15) is 9.59 Å². The molecule has 6 nitrogen and oxygen atoms in total. The Morgan fingerprint density at radius 1 is 1.17 bits per heavy atom. The molecule has 0 aromatic heterocycles. The number of nitrogens with zero attached hydrogens (tertiary/aromatic N) is 3. The van der Waals surface area contributed by atoms with Gasteiger partial charge in [-0.2, -0.15) is 5.26 Å². The molecule has 2 amide bonds. The van der Waals surface area contributed by atoms with E-state index in [2.05, 4.69) is 6.07 Å². The number of amides is 2. The number of hydrogen-bond acceptors (Lipinski definition) is 4. The van der Waals surface area contributed by atoms with Gasteiger partial charge >= 0.3 is 0 Å². The molecule has 1 aliphatic heterocycles. The number of nitriles is 1. The summed E-state index contributed by atoms with van der Waals surface area (Å²) < 4.78 is 5.67. The minimum atomic E-state index is -0.673. The Labute approximate surface area is 136 Å². The van der Waals surface area contributed by atoms with Crippen LogP contribution < -0.4 is 4.74 Å². The predicted molar refractivity (Wildman–Crippen MR) is 84.7 cm³/mol. The van der Waals surface area contributed by atoms with Crippen LogP contribution in [0.4, 0.5) is 0 Å². The molecule has 0 radical (unpaired) electrons. The Hall–Kier alpha value is -2.55. The Kier molecular flexibility index (Phi) is 5.58. The van der Waals surface area contributed by atoms with E-state index in [0.717, 1.165) is 6.42 Å². The Bertz CT molecular complexity index is 624. The average Bonchev–Trinajstić information content (AvgIpc) is 2.80. The van der Waals surface area contributed by atoms with Gasteiger partial charge < -0.3 is 14.5 Å². The topological polar surface area (TPSA) is 73.6 Å². The molecule has 0 bridgehead atoms. The van der Waals surface area contributed by atoms with Crippen molar-refractivity contribution in [2.24, 2.45) is 0 Å². The van der Waals surface area contributed by atoms with Crippen LogP contribution in [0.2, 0.25) is 0 Å². The summed E-state index contributed by atoms with van der Waals surface area (Å²) in [5.74, 6) is 0.325. The molecule has 0 saturated carbocycles. The maximum absolute atomic E-state index is 12.5. The zero-order chi connectivity index (χ0) is 16.8. The molecule has 0 aliphatic carbocycles. The molecular weight excluding hydrogens is 294 g/mol. The van der Waals surface area contributed by atoms with Crippen LogP contribution in [0.15, 0.2) is 24.3 Å². The quantitative estimate of drug-likeness (QED) is 0.845. The van der Waals surface area contributed by atoms with Gasteiger partial charge in [0.05, 0.1) is 5.56 Å². The van der Waals surface area contributed by atoms with Crippen LogP contribution in [0.1, 0.15) is 25.8 Å². The van der Waals surface area contributed by atoms with E-state index < -0.39 is 6.10 Å². The van der Waals surface area contributed by atoms with Gasteiger partial charge in [0, 0.05) is 33.1 Å². The van der Waals surface area contributed by atoms with Crippen molar-refractivity contribution in [2.45, 2.75) is 26.4 Å². The largest absolute Gasteiger partial charge is 0.480 e. The first-order valence-electron chi connectivity index (χ1n) is 7.73. The fraction of sp³-hybridized carbons (Fsp3) is 0.471. The molecule has 6 heteroatoms. The van der Waals surface area contributed by atoms with Gasteiger partial charge in [-0.3, -0.25) is 9.59 Å². The van der Waals surface area contributed by atoms with Gasteiger partial charge in [-0.1, -0.05) is 12.1 Å². The molecule has 1 saturated heterocycles. The molecule has 1 aromatic rings. The fourth-order valence-electron chi connectivity index (χ4n) is 2.61. The standard InChI is InChI=1S/C17H21N3O3/c1-13(23-16-7-4-3-6-15(16)12-18)17(22)20-9-5-8-19(10-11-20)14(2)21/h3-4,6-7,13H,5,8-11H2,1-2H3. The van der Waals surface area contributed by atoms with Crippen LogP contribution in [0.5, 0.6) is 5.75 Å². The van der Waals surface area contributed by atoms with E-state index in [-0.39, 0.29) is 11.8 Å². The number of hydrogen-bond donors (Lipinski definition) is 0. The molecule has 0 spiro atoms. The Morgan fingerprint density at radius 2 is 1.83 bits per heavy atom. The summed E-state index contributed by atoms with van der Waals surface area (Å²) in [6.45, 7) is 5.56. The first kappa shape index (κ1) is 16.8. The van der Waals surface area contributed by atoms with Gasteiger partial charge in [0.25, 0.3) is 5.91 Å². The van der Waals surface area contributed by atoms with Gasteiger partial charge in [0.1, 0.15) is 11.8 Å². The summed E-state index contributed by atoms with van der Waals surface area (Å²) >= 11 is 0. The van der Waals surface area contributed by atoms with Gasteiger partial charge in [0.15, 0.2) is 6.10 Å². The van der Waals surface area contributed by atoms with Gasteiger partial charge in [-0.25, -0.2) is 0 Å². The van der Waals surface area contributed by atoms with Gasteiger partial charge in [0.2, 0.25) is 5.91 Å². The lowest BCUT2D eigenvalue weighted by Crippen LogP contribution is -2.42. The summed E-state index contributed by atoms with van der Waals surface area (Å²) in [6.07, 6.45) is 0.0840. The zero-order valence-corrected chi connectivity index (χ0v) is 13.5. The molecule has 0 N–H and O–H groups in total. The highest BCUT2D eigenvalue weighted by molar-refractivity contribution is 5.81. The molecule has 1 atom stereocenters. The smallest absolute Gasteiger partial charge is 0.263 e. The zero-order valence-electron chi connectivity index (χ0n) is 13.5. The van der Waals surface area contributed by atoms with Gasteiger partial charge in [-0.05, 0) is 25.5 Å². The average molecular weight is 315 g/mol. The number of carbonyl (C=O) groups is 2. The van der Waals surface area contributed by atoms with E-state index in [1.54, 1.807) is 47.9 Å². The number of rotatable bonds is 3. The second-order valence-electron chi connectivity index (χ2n) is 5.55. The summed E-state index contributed by atoms with van der Waals surface area (Å²) in [7, 11) is 0. The third kappa shape index (κ3) is 4.22. The SMILES string of the molecule is CC(=O)N1CCCN(C(=O)C(C)Oc2ccccc2C#N)CC1. The van der Waals surface area contributed by atoms with Crippen molar-refractivity contribution in [3.63, 3.8) is 0 Å². The third-order valence-electron chi connectivity index (χ3n) is 3.91. The van der Waals surface area contributed by atoms with Crippen LogP contribution in [0.3, 0.4) is 0 Å². The van der Waals surface area contributed by atoms with E-state index in [1.807, 2.05) is 0 Å². The summed E-state index contributed by atoms with van der Waals surface area (Å²) in [5, 5.41) is 9.07. The first-order chi connectivity index (χ1) is 11.0. The second-order valence-corrected chi connectivity index (χ2v) is 5.55. The molecule has 1 heterocycles. The minimum Gasteiger partial charge on any atom is -0.480 e. The fourth-order valence-corrected chi connectivity index (χ4v) is 2.61. The third-order valence-corrected chi connectivity index (χ3v) is 3.91. The maximum atomic E-state index is 12.5. The predicted octanol–water partition coefficient (Wildman–Crippen LogP) is 1.41. The first-order valence-corrected chi connectivity index (χ1v) is 7.73. The molecular formula is C17H21N3O3. The molecule has 1 aromatic carbocycles. The molecule has 23 heavy (non-hydrogen) atoms. The maximum Gasteiger partial charge on any atom is 0.263 e. The number of carbonyl (C=O) groups excluding carboxylic acids is 2. The van der Waals surface area contributed by atoms with E-state index >= 15 is 0 Å². The lowest BCUT2D eigenvalue weighted by molar-refractivity contribution is -0.138. The van der Waals surface area contributed by atoms with Crippen molar-refractivity contribution >= 4 is 11.8 Å². The van der Waals surface area contributed by atoms with Crippen molar-refractivity contribution < 1.29 is 14.3 Å². The highest BCUT2D eigenvalue weighted by Gasteiger charge is 2.25. The van der Waals surface area contributed by atoms with E-state index in [4.69, 9.17) is 10.00 Å². The number of benzene rings is 1. The number of para-hydroxylation sites is 1.